The Morgan fingerprint density at radius 1 is 1.17 bits per heavy atom. The number of alkyl halides is 3. The van der Waals surface area contributed by atoms with E-state index in [-0.39, 0.29) is 65.1 Å². The molecule has 0 radical (unpaired) electrons. The minimum atomic E-state index is -4.60. The normalized spacial score (nSPS) is 15.2. The number of nitrogens with zero attached hydrogens (tertiary/aromatic N) is 7. The molecule has 16 nitrogen and oxygen atoms in total. The van der Waals surface area contributed by atoms with Crippen LogP contribution in [0, 0.1) is 17.2 Å². The average Bonchev–Trinajstić information content (AvgIpc) is 3.45. The molecule has 19 heteroatoms. The summed E-state index contributed by atoms with van der Waals surface area (Å²) in [5, 5.41) is 14.5. The zero-order valence-corrected chi connectivity index (χ0v) is 24.8. The fraction of sp³-hybridized carbons (Fsp3) is 0.444. The number of aromatic amines is 1. The molecule has 0 spiro atoms. The van der Waals surface area contributed by atoms with Crippen molar-refractivity contribution < 1.29 is 27.6 Å². The summed E-state index contributed by atoms with van der Waals surface area (Å²) in [4.78, 5) is 53.2. The van der Waals surface area contributed by atoms with Gasteiger partial charge in [0.25, 0.3) is 0 Å². The molecule has 0 unspecified atom stereocenters. The number of likely N-dealkylation sites (tertiary alicyclic amines) is 1. The maximum Gasteiger partial charge on any atom is 0.417 e. The number of fused-ring (bicyclic) bond motifs is 1. The Balaban J connectivity index is 1.43. The number of pyridine rings is 1. The number of halogens is 3. The summed E-state index contributed by atoms with van der Waals surface area (Å²) in [6.45, 7) is 2.66. The molecule has 0 saturated carbocycles. The summed E-state index contributed by atoms with van der Waals surface area (Å²) in [5.74, 6) is 11.1. The van der Waals surface area contributed by atoms with Crippen molar-refractivity contribution in [3.8, 4) is 17.3 Å². The number of amides is 5. The van der Waals surface area contributed by atoms with Gasteiger partial charge in [0.15, 0.2) is 0 Å². The second-order valence-corrected chi connectivity index (χ2v) is 10.9. The second-order valence-electron chi connectivity index (χ2n) is 10.9. The number of urea groups is 2. The number of nitriles is 1. The number of aromatic nitrogens is 4. The molecular weight excluding hydrogens is 611 g/mol. The van der Waals surface area contributed by atoms with Crippen molar-refractivity contribution in [3.63, 3.8) is 0 Å². The van der Waals surface area contributed by atoms with Gasteiger partial charge in [0, 0.05) is 49.0 Å². The van der Waals surface area contributed by atoms with Crippen molar-refractivity contribution in [1.82, 2.24) is 34.9 Å². The van der Waals surface area contributed by atoms with E-state index in [2.05, 4.69) is 25.3 Å². The molecule has 1 aliphatic heterocycles. The number of rotatable bonds is 10. The molecular formula is C27H34F3N13O3. The Morgan fingerprint density at radius 3 is 2.48 bits per heavy atom. The number of carbonyl (C=O) groups excluding carboxylic acids is 3. The lowest BCUT2D eigenvalue weighted by Crippen LogP contribution is -2.57. The molecule has 3 aromatic rings. The van der Waals surface area contributed by atoms with Crippen molar-refractivity contribution in [2.45, 2.75) is 50.9 Å². The van der Waals surface area contributed by atoms with Crippen LogP contribution in [0.4, 0.5) is 28.7 Å². The third-order valence-corrected chi connectivity index (χ3v) is 7.97. The number of primary amides is 2. The van der Waals surface area contributed by atoms with E-state index >= 15 is 0 Å². The Labute approximate surface area is 260 Å². The fourth-order valence-corrected chi connectivity index (χ4v) is 5.35. The van der Waals surface area contributed by atoms with E-state index in [4.69, 9.17) is 23.2 Å². The molecule has 0 aromatic carbocycles. The summed E-state index contributed by atoms with van der Waals surface area (Å²) in [5.41, 5.74) is 10.2. The van der Waals surface area contributed by atoms with Gasteiger partial charge >= 0.3 is 18.2 Å². The maximum absolute atomic E-state index is 13.4. The fourth-order valence-electron chi connectivity index (χ4n) is 5.35. The molecule has 46 heavy (non-hydrogen) atoms. The number of nitrogens with two attached hydrogens (primary N) is 4. The highest BCUT2D eigenvalue weighted by Crippen LogP contribution is 2.35. The Kier molecular flexibility index (Phi) is 10.1. The van der Waals surface area contributed by atoms with Crippen LogP contribution in [0.25, 0.3) is 22.3 Å². The van der Waals surface area contributed by atoms with Gasteiger partial charge in [-0.05, 0) is 44.6 Å². The SMILES string of the molecule is C[C@@H](Nc1ncc(C#N)c(-c2c[nH]c3ncc(C(F)(F)F)cc23)n1)C1CCN(C(=O)[C@H](CCCN(N)C(N)=O)N(N)C(N)=O)CC1. The molecule has 246 valence electrons. The predicted molar refractivity (Wildman–Crippen MR) is 158 cm³/mol. The predicted octanol–water partition coefficient (Wildman–Crippen LogP) is 1.61. The first-order valence-electron chi connectivity index (χ1n) is 14.2. The van der Waals surface area contributed by atoms with Crippen LogP contribution in [-0.2, 0) is 11.0 Å². The highest BCUT2D eigenvalue weighted by atomic mass is 19.4. The van der Waals surface area contributed by atoms with Gasteiger partial charge in [-0.3, -0.25) is 14.8 Å². The van der Waals surface area contributed by atoms with Crippen LogP contribution >= 0.6 is 0 Å². The lowest BCUT2D eigenvalue weighted by molar-refractivity contribution is -0.138. The van der Waals surface area contributed by atoms with E-state index in [0.717, 1.165) is 17.3 Å². The number of hydrazine groups is 2. The smallest absolute Gasteiger partial charge is 0.351 e. The number of hydrogen-bond donors (Lipinski definition) is 6. The summed E-state index contributed by atoms with van der Waals surface area (Å²) < 4.78 is 40.1. The van der Waals surface area contributed by atoms with E-state index in [0.29, 0.717) is 30.9 Å². The molecule has 5 amide bonds. The van der Waals surface area contributed by atoms with Crippen molar-refractivity contribution >= 4 is 35.0 Å². The lowest BCUT2D eigenvalue weighted by Gasteiger charge is -2.38. The van der Waals surface area contributed by atoms with Crippen molar-refractivity contribution in [1.29, 1.82) is 5.26 Å². The molecule has 1 saturated heterocycles. The lowest BCUT2D eigenvalue weighted by atomic mass is 9.90. The summed E-state index contributed by atoms with van der Waals surface area (Å²) in [7, 11) is 0. The average molecular weight is 646 g/mol. The standard InChI is InChI=1S/C27H34F3N13O3/c1-14(15-4-7-41(8-5-15)23(44)20(43(35)25(33)46)3-2-6-42(34)24(32)45)39-26-38-11-16(10-31)21(40-26)19-13-37-22-18(19)9-17(12-36-22)27(28,29)30/h9,11-15,20H,2-8,34-35H2,1H3,(H2,32,45)(H2,33,46)(H,36,37)(H,38,39,40)/t14-,20+/m1/s1. The van der Waals surface area contributed by atoms with Gasteiger partial charge in [0.05, 0.1) is 23.0 Å². The van der Waals surface area contributed by atoms with Crippen LogP contribution in [0.2, 0.25) is 0 Å². The number of anilines is 1. The van der Waals surface area contributed by atoms with E-state index in [1.165, 1.54) is 12.4 Å². The van der Waals surface area contributed by atoms with Crippen LogP contribution in [0.3, 0.4) is 0 Å². The third kappa shape index (κ3) is 7.52. The molecule has 1 fully saturated rings. The topological polar surface area (TPSA) is 255 Å². The number of piperidine rings is 1. The first-order valence-corrected chi connectivity index (χ1v) is 14.2. The van der Waals surface area contributed by atoms with Crippen LogP contribution in [-0.4, -0.2) is 84.5 Å². The molecule has 4 rings (SSSR count). The zero-order chi connectivity index (χ0) is 33.8. The van der Waals surface area contributed by atoms with Gasteiger partial charge in [-0.15, -0.1) is 0 Å². The second kappa shape index (κ2) is 13.8. The summed E-state index contributed by atoms with van der Waals surface area (Å²) in [6.07, 6.45) is 0.340. The van der Waals surface area contributed by atoms with Gasteiger partial charge in [0.1, 0.15) is 17.8 Å². The molecule has 4 heterocycles. The minimum absolute atomic E-state index is 0.0435. The summed E-state index contributed by atoms with van der Waals surface area (Å²) in [6, 6.07) is -0.161. The van der Waals surface area contributed by atoms with Gasteiger partial charge in [-0.1, -0.05) is 0 Å². The van der Waals surface area contributed by atoms with Gasteiger partial charge < -0.3 is 26.7 Å². The molecule has 0 bridgehead atoms. The first kappa shape index (κ1) is 33.7. The maximum atomic E-state index is 13.4. The van der Waals surface area contributed by atoms with Crippen LogP contribution < -0.4 is 28.5 Å². The molecule has 2 atom stereocenters. The quantitative estimate of drug-likeness (QED) is 0.105. The minimum Gasteiger partial charge on any atom is -0.351 e. The largest absolute Gasteiger partial charge is 0.417 e. The van der Waals surface area contributed by atoms with Gasteiger partial charge in [0.2, 0.25) is 11.9 Å². The Morgan fingerprint density at radius 2 is 1.87 bits per heavy atom. The number of nitrogens with one attached hydrogen (secondary N) is 2. The number of hydrogen-bond acceptors (Lipinski definition) is 10. The van der Waals surface area contributed by atoms with E-state index in [9.17, 15) is 32.8 Å². The molecule has 1 aliphatic rings. The molecule has 10 N–H and O–H groups in total. The molecule has 3 aromatic heterocycles. The van der Waals surface area contributed by atoms with Crippen LogP contribution in [0.1, 0.15) is 43.7 Å². The van der Waals surface area contributed by atoms with Crippen LogP contribution in [0.5, 0.6) is 0 Å². The van der Waals surface area contributed by atoms with Gasteiger partial charge in [-0.25, -0.2) is 36.2 Å². The Hall–Kier alpha value is -5.22. The monoisotopic (exact) mass is 645 g/mol. The van der Waals surface area contributed by atoms with Crippen molar-refractivity contribution in [2.75, 3.05) is 25.0 Å². The molecule has 0 aliphatic carbocycles. The number of carbonyl (C=O) groups is 3. The van der Waals surface area contributed by atoms with Crippen molar-refractivity contribution in [3.05, 3.63) is 35.8 Å². The zero-order valence-electron chi connectivity index (χ0n) is 24.8. The Bertz CT molecular complexity index is 1630. The summed E-state index contributed by atoms with van der Waals surface area (Å²) >= 11 is 0. The number of H-pyrrole nitrogens is 1. The van der Waals surface area contributed by atoms with E-state index in [1.807, 2.05) is 13.0 Å². The third-order valence-electron chi connectivity index (χ3n) is 7.97. The highest BCUT2D eigenvalue weighted by Gasteiger charge is 2.34. The van der Waals surface area contributed by atoms with Crippen molar-refractivity contribution in [2.24, 2.45) is 29.1 Å². The highest BCUT2D eigenvalue weighted by molar-refractivity contribution is 5.94. The van der Waals surface area contributed by atoms with Gasteiger partial charge in [-0.2, -0.15) is 18.4 Å². The first-order chi connectivity index (χ1) is 21.7. The van der Waals surface area contributed by atoms with E-state index < -0.39 is 35.8 Å². The van der Waals surface area contributed by atoms with E-state index in [1.54, 1.807) is 4.90 Å². The van der Waals surface area contributed by atoms with Crippen LogP contribution in [0.15, 0.2) is 24.7 Å².